The van der Waals surface area contributed by atoms with Crippen LogP contribution in [0.1, 0.15) is 36.6 Å². The molecule has 2 aromatic carbocycles. The molecule has 1 atom stereocenters. The highest BCUT2D eigenvalue weighted by atomic mass is 32.1. The number of carbonyl (C=O) groups is 1. The second-order valence-electron chi connectivity index (χ2n) is 7.77. The Morgan fingerprint density at radius 1 is 1.12 bits per heavy atom. The van der Waals surface area contributed by atoms with E-state index in [1.165, 1.54) is 11.3 Å². The molecule has 1 aliphatic rings. The number of carbonyl (C=O) groups excluding carboxylic acids is 1. The summed E-state index contributed by atoms with van der Waals surface area (Å²) >= 11 is 1.28. The third kappa shape index (κ3) is 4.17. The molecular formula is C26H26N2O5S. The van der Waals surface area contributed by atoms with Crippen LogP contribution in [0.3, 0.4) is 0 Å². The SMILES string of the molecule is CCOC(=O)C1=C(C)N=c2sc(=Cc3ccc(C)c(OC)c3)c(=O)n2C1c1ccccc1OC. The number of fused-ring (bicyclic) bond motifs is 1. The predicted octanol–water partition coefficient (Wildman–Crippen LogP) is 3.12. The molecule has 3 aromatic rings. The van der Waals surface area contributed by atoms with Crippen LogP contribution in [0, 0.1) is 6.92 Å². The number of benzene rings is 2. The highest BCUT2D eigenvalue weighted by Gasteiger charge is 2.34. The summed E-state index contributed by atoms with van der Waals surface area (Å²) in [6.07, 6.45) is 1.81. The molecule has 0 aliphatic carbocycles. The van der Waals surface area contributed by atoms with Crippen molar-refractivity contribution in [1.82, 2.24) is 4.57 Å². The van der Waals surface area contributed by atoms with E-state index in [0.29, 0.717) is 31.9 Å². The Bertz CT molecular complexity index is 1470. The molecule has 1 aromatic heterocycles. The van der Waals surface area contributed by atoms with Crippen LogP contribution in [-0.2, 0) is 9.53 Å². The van der Waals surface area contributed by atoms with Crippen molar-refractivity contribution >= 4 is 23.4 Å². The van der Waals surface area contributed by atoms with Gasteiger partial charge in [0.05, 0.1) is 36.6 Å². The standard InChI is InChI=1S/C26H26N2O5S/c1-6-33-25(30)22-16(3)27-26-28(23(22)18-9-7-8-10-19(18)31-4)24(29)21(34-26)14-17-12-11-15(2)20(13-17)32-5/h7-14,23H,6H2,1-5H3. The molecule has 0 spiro atoms. The average Bonchev–Trinajstić information content (AvgIpc) is 3.13. The first kappa shape index (κ1) is 23.5. The van der Waals surface area contributed by atoms with Gasteiger partial charge < -0.3 is 14.2 Å². The number of methoxy groups -OCH3 is 2. The van der Waals surface area contributed by atoms with Gasteiger partial charge in [0.2, 0.25) is 0 Å². The first-order valence-corrected chi connectivity index (χ1v) is 11.7. The van der Waals surface area contributed by atoms with Crippen LogP contribution in [0.15, 0.2) is 63.5 Å². The molecule has 0 N–H and O–H groups in total. The molecule has 0 radical (unpaired) electrons. The maximum Gasteiger partial charge on any atom is 0.338 e. The van der Waals surface area contributed by atoms with E-state index in [1.54, 1.807) is 32.6 Å². The molecule has 0 bridgehead atoms. The first-order chi connectivity index (χ1) is 16.4. The van der Waals surface area contributed by atoms with Crippen LogP contribution in [-0.4, -0.2) is 31.4 Å². The van der Waals surface area contributed by atoms with Crippen LogP contribution >= 0.6 is 11.3 Å². The summed E-state index contributed by atoms with van der Waals surface area (Å²) < 4.78 is 18.4. The minimum Gasteiger partial charge on any atom is -0.496 e. The Kier molecular flexibility index (Phi) is 6.70. The summed E-state index contributed by atoms with van der Waals surface area (Å²) in [7, 11) is 3.18. The number of ether oxygens (including phenoxy) is 3. The van der Waals surface area contributed by atoms with E-state index in [9.17, 15) is 9.59 Å². The van der Waals surface area contributed by atoms with E-state index in [0.717, 1.165) is 16.9 Å². The zero-order valence-electron chi connectivity index (χ0n) is 19.7. The highest BCUT2D eigenvalue weighted by molar-refractivity contribution is 7.07. The van der Waals surface area contributed by atoms with Gasteiger partial charge in [-0.05, 0) is 50.1 Å². The number of rotatable bonds is 6. The molecule has 0 saturated carbocycles. The molecule has 0 amide bonds. The maximum absolute atomic E-state index is 13.7. The van der Waals surface area contributed by atoms with Gasteiger partial charge in [-0.2, -0.15) is 0 Å². The lowest BCUT2D eigenvalue weighted by atomic mass is 9.95. The number of allylic oxidation sites excluding steroid dienone is 1. The largest absolute Gasteiger partial charge is 0.496 e. The van der Waals surface area contributed by atoms with Crippen molar-refractivity contribution in [2.75, 3.05) is 20.8 Å². The number of aromatic nitrogens is 1. The molecule has 34 heavy (non-hydrogen) atoms. The fraction of sp³-hybridized carbons (Fsp3) is 0.269. The second kappa shape index (κ2) is 9.69. The summed E-state index contributed by atoms with van der Waals surface area (Å²) in [6, 6.07) is 12.4. The number of esters is 1. The van der Waals surface area contributed by atoms with Crippen molar-refractivity contribution in [3.63, 3.8) is 0 Å². The van der Waals surface area contributed by atoms with Gasteiger partial charge in [-0.1, -0.05) is 41.7 Å². The number of nitrogens with zero attached hydrogens (tertiary/aromatic N) is 2. The Morgan fingerprint density at radius 2 is 1.85 bits per heavy atom. The van der Waals surface area contributed by atoms with E-state index in [2.05, 4.69) is 4.99 Å². The van der Waals surface area contributed by atoms with Crippen molar-refractivity contribution in [2.24, 2.45) is 4.99 Å². The molecule has 8 heteroatoms. The predicted molar refractivity (Wildman–Crippen MR) is 131 cm³/mol. The normalized spacial score (nSPS) is 15.6. The number of hydrogen-bond donors (Lipinski definition) is 0. The number of para-hydroxylation sites is 1. The molecular weight excluding hydrogens is 452 g/mol. The Labute approximate surface area is 201 Å². The van der Waals surface area contributed by atoms with Crippen molar-refractivity contribution in [3.05, 3.63) is 90.1 Å². The van der Waals surface area contributed by atoms with E-state index >= 15 is 0 Å². The fourth-order valence-electron chi connectivity index (χ4n) is 4.06. The Morgan fingerprint density at radius 3 is 2.56 bits per heavy atom. The third-order valence-corrected chi connectivity index (χ3v) is 6.66. The smallest absolute Gasteiger partial charge is 0.338 e. The third-order valence-electron chi connectivity index (χ3n) is 5.68. The van der Waals surface area contributed by atoms with Crippen LogP contribution in [0.5, 0.6) is 11.5 Å². The van der Waals surface area contributed by atoms with E-state index < -0.39 is 12.0 Å². The van der Waals surface area contributed by atoms with Gasteiger partial charge in [0.15, 0.2) is 4.80 Å². The van der Waals surface area contributed by atoms with Gasteiger partial charge in [0, 0.05) is 5.56 Å². The van der Waals surface area contributed by atoms with Gasteiger partial charge in [0.25, 0.3) is 5.56 Å². The van der Waals surface area contributed by atoms with Gasteiger partial charge >= 0.3 is 5.97 Å². The lowest BCUT2D eigenvalue weighted by molar-refractivity contribution is -0.139. The zero-order chi connectivity index (χ0) is 24.4. The monoisotopic (exact) mass is 478 g/mol. The first-order valence-electron chi connectivity index (χ1n) is 10.9. The minimum atomic E-state index is -0.721. The van der Waals surface area contributed by atoms with Gasteiger partial charge in [-0.15, -0.1) is 0 Å². The number of hydrogen-bond acceptors (Lipinski definition) is 7. The number of aryl methyl sites for hydroxylation is 1. The van der Waals surface area contributed by atoms with Gasteiger partial charge in [-0.25, -0.2) is 9.79 Å². The van der Waals surface area contributed by atoms with Crippen molar-refractivity contribution in [2.45, 2.75) is 26.8 Å². The lowest BCUT2D eigenvalue weighted by Crippen LogP contribution is -2.40. The second-order valence-corrected chi connectivity index (χ2v) is 8.78. The summed E-state index contributed by atoms with van der Waals surface area (Å²) in [4.78, 5) is 31.8. The van der Waals surface area contributed by atoms with Crippen LogP contribution in [0.2, 0.25) is 0 Å². The van der Waals surface area contributed by atoms with Crippen LogP contribution < -0.4 is 24.4 Å². The molecule has 1 unspecified atom stereocenters. The molecule has 176 valence electrons. The van der Waals surface area contributed by atoms with E-state index in [1.807, 2.05) is 55.5 Å². The van der Waals surface area contributed by atoms with Crippen molar-refractivity contribution in [1.29, 1.82) is 0 Å². The molecule has 2 heterocycles. The molecule has 0 saturated heterocycles. The minimum absolute atomic E-state index is 0.216. The van der Waals surface area contributed by atoms with E-state index in [4.69, 9.17) is 14.2 Å². The Hall–Kier alpha value is -3.65. The van der Waals surface area contributed by atoms with Gasteiger partial charge in [0.1, 0.15) is 17.5 Å². The fourth-order valence-corrected chi connectivity index (χ4v) is 5.10. The summed E-state index contributed by atoms with van der Waals surface area (Å²) in [5.74, 6) is 0.813. The molecule has 1 aliphatic heterocycles. The average molecular weight is 479 g/mol. The van der Waals surface area contributed by atoms with Crippen LogP contribution in [0.25, 0.3) is 6.08 Å². The summed E-state index contributed by atoms with van der Waals surface area (Å²) in [5, 5.41) is 0. The van der Waals surface area contributed by atoms with Crippen molar-refractivity contribution < 1.29 is 19.0 Å². The van der Waals surface area contributed by atoms with Crippen LogP contribution in [0.4, 0.5) is 0 Å². The van der Waals surface area contributed by atoms with Crippen molar-refractivity contribution in [3.8, 4) is 11.5 Å². The number of thiazole rings is 1. The van der Waals surface area contributed by atoms with Gasteiger partial charge in [-0.3, -0.25) is 9.36 Å². The summed E-state index contributed by atoms with van der Waals surface area (Å²) in [5.41, 5.74) is 3.12. The maximum atomic E-state index is 13.7. The Balaban J connectivity index is 1.97. The lowest BCUT2D eigenvalue weighted by Gasteiger charge is -2.25. The molecule has 7 nitrogen and oxygen atoms in total. The zero-order valence-corrected chi connectivity index (χ0v) is 20.6. The highest BCUT2D eigenvalue weighted by Crippen LogP contribution is 2.35. The molecule has 0 fully saturated rings. The molecule has 4 rings (SSSR count). The van der Waals surface area contributed by atoms with E-state index in [-0.39, 0.29) is 12.2 Å². The summed E-state index contributed by atoms with van der Waals surface area (Å²) in [6.45, 7) is 5.69. The quantitative estimate of drug-likeness (QED) is 0.509. The topological polar surface area (TPSA) is 79.1 Å².